The number of aryl methyl sites for hydroxylation is 2. The van der Waals surface area contributed by atoms with E-state index in [2.05, 4.69) is 14.7 Å². The highest BCUT2D eigenvalue weighted by molar-refractivity contribution is 7.12. The molecule has 8 heteroatoms. The number of hydrogen-bond donors (Lipinski definition) is 2. The molecule has 6 nitrogen and oxygen atoms in total. The van der Waals surface area contributed by atoms with Crippen molar-refractivity contribution in [2.75, 3.05) is 12.4 Å². The molecule has 29 heavy (non-hydrogen) atoms. The lowest BCUT2D eigenvalue weighted by atomic mass is 9.99. The van der Waals surface area contributed by atoms with E-state index in [9.17, 15) is 9.59 Å². The lowest BCUT2D eigenvalue weighted by Crippen LogP contribution is -2.17. The summed E-state index contributed by atoms with van der Waals surface area (Å²) in [5.41, 5.74) is 2.62. The van der Waals surface area contributed by atoms with E-state index in [-0.39, 0.29) is 22.5 Å². The number of H-pyrrole nitrogens is 1. The summed E-state index contributed by atoms with van der Waals surface area (Å²) in [6.07, 6.45) is 1.93. The Balaban J connectivity index is 2.00. The monoisotopic (exact) mass is 410 g/mol. The van der Waals surface area contributed by atoms with Crippen LogP contribution in [0, 0.1) is 19.7 Å². The molecule has 3 aromatic heterocycles. The van der Waals surface area contributed by atoms with Gasteiger partial charge in [0.1, 0.15) is 10.2 Å². The first-order valence-corrected chi connectivity index (χ1v) is 10.3. The third-order valence-electron chi connectivity index (χ3n) is 5.41. The Labute approximate surface area is 169 Å². The van der Waals surface area contributed by atoms with Crippen LogP contribution in [0.1, 0.15) is 30.3 Å². The first-order valence-electron chi connectivity index (χ1n) is 9.46. The van der Waals surface area contributed by atoms with Gasteiger partial charge in [0.05, 0.1) is 16.6 Å². The summed E-state index contributed by atoms with van der Waals surface area (Å²) in [5, 5.41) is 3.20. The SMILES string of the molecule is CNc1c(F)c(-c2cc(C)nc(C)c2)cc2c1c(=O)c1c(=O)[nH]sc1n2C1CC1. The predicted octanol–water partition coefficient (Wildman–Crippen LogP) is 4.10. The Morgan fingerprint density at radius 3 is 2.48 bits per heavy atom. The molecule has 4 aromatic rings. The third kappa shape index (κ3) is 2.62. The molecule has 3 heterocycles. The van der Waals surface area contributed by atoms with Crippen LogP contribution < -0.4 is 16.3 Å². The van der Waals surface area contributed by atoms with E-state index in [1.807, 2.05) is 30.5 Å². The maximum atomic E-state index is 15.6. The van der Waals surface area contributed by atoms with Crippen LogP contribution in [0.15, 0.2) is 27.8 Å². The van der Waals surface area contributed by atoms with Gasteiger partial charge in [-0.1, -0.05) is 0 Å². The molecule has 0 atom stereocenters. The molecule has 0 saturated heterocycles. The van der Waals surface area contributed by atoms with Crippen LogP contribution in [0.5, 0.6) is 0 Å². The van der Waals surface area contributed by atoms with Gasteiger partial charge in [-0.25, -0.2) is 4.39 Å². The molecule has 1 aromatic carbocycles. The van der Waals surface area contributed by atoms with Crippen molar-refractivity contribution in [2.24, 2.45) is 0 Å². The Morgan fingerprint density at radius 1 is 1.17 bits per heavy atom. The number of pyridine rings is 2. The Hall–Kier alpha value is -3.00. The number of rotatable bonds is 3. The molecule has 0 spiro atoms. The number of aromatic nitrogens is 3. The van der Waals surface area contributed by atoms with Crippen LogP contribution in [-0.4, -0.2) is 21.0 Å². The van der Waals surface area contributed by atoms with Crippen molar-refractivity contribution in [3.8, 4) is 11.1 Å². The second-order valence-electron chi connectivity index (χ2n) is 7.54. The van der Waals surface area contributed by atoms with E-state index in [0.29, 0.717) is 21.5 Å². The molecular weight excluding hydrogens is 391 g/mol. The Bertz CT molecular complexity index is 1410. The Morgan fingerprint density at radius 2 is 1.86 bits per heavy atom. The van der Waals surface area contributed by atoms with Gasteiger partial charge in [-0.05, 0) is 62.0 Å². The molecule has 0 aliphatic heterocycles. The third-order valence-corrected chi connectivity index (χ3v) is 6.29. The van der Waals surface area contributed by atoms with E-state index in [1.165, 1.54) is 0 Å². The zero-order chi connectivity index (χ0) is 20.4. The molecule has 0 bridgehead atoms. The summed E-state index contributed by atoms with van der Waals surface area (Å²) in [6.45, 7) is 3.74. The van der Waals surface area contributed by atoms with Crippen LogP contribution in [0.2, 0.25) is 0 Å². The highest BCUT2D eigenvalue weighted by Gasteiger charge is 2.30. The standard InChI is InChI=1S/C21H19FN4O2S/c1-9-6-11(7-10(2)24-9)13-8-14-15(18(23-3)17(13)22)19(27)16-20(28)25-29-21(16)26(14)12-4-5-12/h6-8,12,23H,4-5H2,1-3H3,(H,25,28). The first kappa shape index (κ1) is 18.1. The van der Waals surface area contributed by atoms with Crippen molar-refractivity contribution in [1.29, 1.82) is 0 Å². The average molecular weight is 410 g/mol. The minimum atomic E-state index is -0.504. The van der Waals surface area contributed by atoms with Crippen LogP contribution in [0.4, 0.5) is 10.1 Å². The van der Waals surface area contributed by atoms with E-state index < -0.39 is 16.8 Å². The van der Waals surface area contributed by atoms with Gasteiger partial charge in [-0.3, -0.25) is 18.9 Å². The van der Waals surface area contributed by atoms with Gasteiger partial charge in [0.15, 0.2) is 5.82 Å². The number of halogens is 1. The molecule has 0 unspecified atom stereocenters. The number of anilines is 1. The lowest BCUT2D eigenvalue weighted by molar-refractivity contribution is 0.636. The summed E-state index contributed by atoms with van der Waals surface area (Å²) in [6, 6.07) is 5.62. The van der Waals surface area contributed by atoms with Crippen molar-refractivity contribution in [1.82, 2.24) is 13.9 Å². The fourth-order valence-corrected chi connectivity index (χ4v) is 5.02. The van der Waals surface area contributed by atoms with E-state index in [0.717, 1.165) is 35.8 Å². The molecule has 1 aliphatic rings. The molecule has 5 rings (SSSR count). The highest BCUT2D eigenvalue weighted by Crippen LogP contribution is 2.42. The summed E-state index contributed by atoms with van der Waals surface area (Å²) < 4.78 is 20.3. The molecule has 1 aliphatic carbocycles. The number of benzene rings is 1. The van der Waals surface area contributed by atoms with Gasteiger partial charge in [0.2, 0.25) is 5.43 Å². The van der Waals surface area contributed by atoms with E-state index in [4.69, 9.17) is 0 Å². The minimum absolute atomic E-state index is 0.105. The number of fused-ring (bicyclic) bond motifs is 2. The quantitative estimate of drug-likeness (QED) is 0.533. The zero-order valence-corrected chi connectivity index (χ0v) is 17.0. The van der Waals surface area contributed by atoms with Crippen LogP contribution in [-0.2, 0) is 0 Å². The smallest absolute Gasteiger partial charge is 0.271 e. The van der Waals surface area contributed by atoms with Gasteiger partial charge in [-0.15, -0.1) is 0 Å². The molecule has 0 radical (unpaired) electrons. The topological polar surface area (TPSA) is 79.8 Å². The van der Waals surface area contributed by atoms with Gasteiger partial charge >= 0.3 is 0 Å². The maximum Gasteiger partial charge on any atom is 0.271 e. The summed E-state index contributed by atoms with van der Waals surface area (Å²) >= 11 is 1.16. The molecule has 1 fully saturated rings. The zero-order valence-electron chi connectivity index (χ0n) is 16.2. The fraction of sp³-hybridized carbons (Fsp3) is 0.286. The molecule has 2 N–H and O–H groups in total. The molecule has 0 amide bonds. The highest BCUT2D eigenvalue weighted by atomic mass is 32.1. The van der Waals surface area contributed by atoms with E-state index >= 15 is 4.39 Å². The van der Waals surface area contributed by atoms with Crippen molar-refractivity contribution >= 4 is 38.3 Å². The number of nitrogens with one attached hydrogen (secondary N) is 2. The van der Waals surface area contributed by atoms with Gasteiger partial charge in [0, 0.05) is 30.0 Å². The largest absolute Gasteiger partial charge is 0.385 e. The number of aromatic amines is 1. The van der Waals surface area contributed by atoms with Crippen molar-refractivity contribution in [3.63, 3.8) is 0 Å². The summed E-state index contributed by atoms with van der Waals surface area (Å²) in [5.74, 6) is -0.504. The van der Waals surface area contributed by atoms with Crippen molar-refractivity contribution in [2.45, 2.75) is 32.7 Å². The molecular formula is C21H19FN4O2S. The minimum Gasteiger partial charge on any atom is -0.385 e. The van der Waals surface area contributed by atoms with Crippen molar-refractivity contribution < 1.29 is 4.39 Å². The van der Waals surface area contributed by atoms with Crippen LogP contribution in [0.25, 0.3) is 32.2 Å². The number of hydrogen-bond acceptors (Lipinski definition) is 5. The van der Waals surface area contributed by atoms with Crippen LogP contribution >= 0.6 is 11.5 Å². The second kappa shape index (κ2) is 6.25. The average Bonchev–Trinajstić information content (AvgIpc) is 3.43. The summed E-state index contributed by atoms with van der Waals surface area (Å²) in [4.78, 5) is 30.5. The Kier molecular flexibility index (Phi) is 3.89. The molecule has 1 saturated carbocycles. The second-order valence-corrected chi connectivity index (χ2v) is 8.33. The maximum absolute atomic E-state index is 15.6. The predicted molar refractivity (Wildman–Crippen MR) is 115 cm³/mol. The fourth-order valence-electron chi connectivity index (χ4n) is 4.09. The van der Waals surface area contributed by atoms with Gasteiger partial charge in [-0.2, -0.15) is 0 Å². The first-order chi connectivity index (χ1) is 13.9. The van der Waals surface area contributed by atoms with Crippen molar-refractivity contribution in [3.05, 3.63) is 56.0 Å². The number of nitrogens with zero attached hydrogens (tertiary/aromatic N) is 2. The normalized spacial score (nSPS) is 14.1. The van der Waals surface area contributed by atoms with Gasteiger partial charge < -0.3 is 9.88 Å². The lowest BCUT2D eigenvalue weighted by Gasteiger charge is -2.17. The van der Waals surface area contributed by atoms with Crippen LogP contribution in [0.3, 0.4) is 0 Å². The molecule has 148 valence electrons. The van der Waals surface area contributed by atoms with E-state index in [1.54, 1.807) is 13.1 Å². The summed E-state index contributed by atoms with van der Waals surface area (Å²) in [7, 11) is 1.59. The van der Waals surface area contributed by atoms with Gasteiger partial charge in [0.25, 0.3) is 5.56 Å².